The molecule has 1 unspecified atom stereocenters. The van der Waals surface area contributed by atoms with E-state index in [0.29, 0.717) is 31.0 Å². The van der Waals surface area contributed by atoms with Crippen molar-refractivity contribution in [1.29, 1.82) is 0 Å². The molecule has 1 aliphatic heterocycles. The van der Waals surface area contributed by atoms with Gasteiger partial charge in [0.1, 0.15) is 5.60 Å². The van der Waals surface area contributed by atoms with Crippen molar-refractivity contribution in [2.75, 3.05) is 26.9 Å². The minimum atomic E-state index is -0.444. The smallest absolute Gasteiger partial charge is 0.228 e. The second-order valence-corrected chi connectivity index (χ2v) is 5.38. The number of ether oxygens (including phenoxy) is 2. The highest BCUT2D eigenvalue weighted by Crippen LogP contribution is 2.33. The van der Waals surface area contributed by atoms with Gasteiger partial charge >= 0.3 is 0 Å². The highest BCUT2D eigenvalue weighted by molar-refractivity contribution is 5.03. The van der Waals surface area contributed by atoms with Gasteiger partial charge in [0.25, 0.3) is 0 Å². The summed E-state index contributed by atoms with van der Waals surface area (Å²) in [5.41, 5.74) is -0.444. The molecule has 114 valence electrons. The van der Waals surface area contributed by atoms with Crippen LogP contribution >= 0.6 is 0 Å². The summed E-state index contributed by atoms with van der Waals surface area (Å²) in [6, 6.07) is 0.330. The van der Waals surface area contributed by atoms with Crippen LogP contribution in [0.5, 0.6) is 0 Å². The highest BCUT2D eigenvalue weighted by atomic mass is 16.5. The van der Waals surface area contributed by atoms with E-state index in [9.17, 15) is 0 Å². The molecule has 1 aromatic heterocycles. The summed E-state index contributed by atoms with van der Waals surface area (Å²) in [5.74, 6) is 1.32. The SMILES string of the molecule is CCCNC(C)Cc1nc(C2(OC)CCOCC2)no1. The van der Waals surface area contributed by atoms with E-state index in [0.717, 1.165) is 32.2 Å². The van der Waals surface area contributed by atoms with Crippen molar-refractivity contribution in [2.24, 2.45) is 0 Å². The largest absolute Gasteiger partial charge is 0.381 e. The Balaban J connectivity index is 2.00. The van der Waals surface area contributed by atoms with Gasteiger partial charge in [-0.25, -0.2) is 0 Å². The number of methoxy groups -OCH3 is 1. The summed E-state index contributed by atoms with van der Waals surface area (Å²) in [7, 11) is 1.70. The van der Waals surface area contributed by atoms with Gasteiger partial charge in [0.2, 0.25) is 11.7 Å². The van der Waals surface area contributed by atoms with Crippen molar-refractivity contribution in [2.45, 2.75) is 51.2 Å². The van der Waals surface area contributed by atoms with Crippen LogP contribution in [0.3, 0.4) is 0 Å². The van der Waals surface area contributed by atoms with Crippen molar-refractivity contribution >= 4 is 0 Å². The number of aromatic nitrogens is 2. The van der Waals surface area contributed by atoms with E-state index in [2.05, 4.69) is 29.3 Å². The number of nitrogens with zero attached hydrogens (tertiary/aromatic N) is 2. The summed E-state index contributed by atoms with van der Waals surface area (Å²) in [4.78, 5) is 4.53. The quantitative estimate of drug-likeness (QED) is 0.820. The zero-order valence-corrected chi connectivity index (χ0v) is 12.6. The molecule has 1 N–H and O–H groups in total. The third-order valence-corrected chi connectivity index (χ3v) is 3.79. The molecule has 0 bridgehead atoms. The molecule has 0 spiro atoms. The Morgan fingerprint density at radius 2 is 2.15 bits per heavy atom. The number of nitrogens with one attached hydrogen (secondary N) is 1. The van der Waals surface area contributed by atoms with Crippen LogP contribution in [0.2, 0.25) is 0 Å². The maximum Gasteiger partial charge on any atom is 0.228 e. The Kier molecular flexibility index (Phi) is 5.51. The van der Waals surface area contributed by atoms with E-state index in [1.165, 1.54) is 0 Å². The van der Waals surface area contributed by atoms with E-state index >= 15 is 0 Å². The van der Waals surface area contributed by atoms with Crippen molar-refractivity contribution in [3.05, 3.63) is 11.7 Å². The van der Waals surface area contributed by atoms with Crippen LogP contribution in [0.25, 0.3) is 0 Å². The monoisotopic (exact) mass is 283 g/mol. The molecule has 0 amide bonds. The van der Waals surface area contributed by atoms with Crippen molar-refractivity contribution in [3.63, 3.8) is 0 Å². The Bertz CT molecular complexity index is 402. The van der Waals surface area contributed by atoms with Gasteiger partial charge in [-0.1, -0.05) is 12.1 Å². The molecule has 1 aliphatic rings. The summed E-state index contributed by atoms with van der Waals surface area (Å²) in [5, 5.41) is 7.54. The number of hydrogen-bond acceptors (Lipinski definition) is 6. The number of rotatable bonds is 7. The topological polar surface area (TPSA) is 69.4 Å². The summed E-state index contributed by atoms with van der Waals surface area (Å²) < 4.78 is 16.4. The Morgan fingerprint density at radius 1 is 1.40 bits per heavy atom. The molecular weight excluding hydrogens is 258 g/mol. The third-order valence-electron chi connectivity index (χ3n) is 3.79. The normalized spacial score (nSPS) is 19.9. The Morgan fingerprint density at radius 3 is 2.80 bits per heavy atom. The average Bonchev–Trinajstić information content (AvgIpc) is 2.95. The first-order chi connectivity index (χ1) is 9.70. The lowest BCUT2D eigenvalue weighted by atomic mass is 9.93. The highest BCUT2D eigenvalue weighted by Gasteiger charge is 2.39. The summed E-state index contributed by atoms with van der Waals surface area (Å²) in [6.07, 6.45) is 3.40. The molecule has 6 heteroatoms. The van der Waals surface area contributed by atoms with Crippen LogP contribution in [0.4, 0.5) is 0 Å². The van der Waals surface area contributed by atoms with Gasteiger partial charge in [0.15, 0.2) is 0 Å². The summed E-state index contributed by atoms with van der Waals surface area (Å²) in [6.45, 7) is 6.62. The minimum Gasteiger partial charge on any atom is -0.381 e. The molecule has 1 saturated heterocycles. The molecule has 0 aliphatic carbocycles. The molecular formula is C14H25N3O3. The fourth-order valence-electron chi connectivity index (χ4n) is 2.47. The Labute approximate surface area is 120 Å². The van der Waals surface area contributed by atoms with Gasteiger partial charge in [-0.3, -0.25) is 0 Å². The first-order valence-electron chi connectivity index (χ1n) is 7.39. The van der Waals surface area contributed by atoms with E-state index in [1.807, 2.05) is 0 Å². The second-order valence-electron chi connectivity index (χ2n) is 5.38. The lowest BCUT2D eigenvalue weighted by molar-refractivity contribution is -0.101. The second kappa shape index (κ2) is 7.15. The molecule has 0 radical (unpaired) electrons. The van der Waals surface area contributed by atoms with Gasteiger partial charge in [0, 0.05) is 45.6 Å². The van der Waals surface area contributed by atoms with Gasteiger partial charge in [-0.05, 0) is 19.9 Å². The summed E-state index contributed by atoms with van der Waals surface area (Å²) >= 11 is 0. The van der Waals surface area contributed by atoms with Crippen LogP contribution in [-0.4, -0.2) is 43.1 Å². The minimum absolute atomic E-state index is 0.330. The fraction of sp³-hybridized carbons (Fsp3) is 0.857. The van der Waals surface area contributed by atoms with Crippen LogP contribution in [0, 0.1) is 0 Å². The average molecular weight is 283 g/mol. The van der Waals surface area contributed by atoms with Crippen molar-refractivity contribution in [3.8, 4) is 0 Å². The lowest BCUT2D eigenvalue weighted by Gasteiger charge is -2.32. The first-order valence-corrected chi connectivity index (χ1v) is 7.39. The molecule has 0 aromatic carbocycles. The van der Waals surface area contributed by atoms with Crippen LogP contribution in [0.15, 0.2) is 4.52 Å². The van der Waals surface area contributed by atoms with Crippen LogP contribution in [0.1, 0.15) is 44.8 Å². The van der Waals surface area contributed by atoms with E-state index in [4.69, 9.17) is 14.0 Å². The van der Waals surface area contributed by atoms with E-state index < -0.39 is 5.60 Å². The van der Waals surface area contributed by atoms with Crippen molar-refractivity contribution < 1.29 is 14.0 Å². The molecule has 0 saturated carbocycles. The Hall–Kier alpha value is -0.980. The molecule has 2 rings (SSSR count). The zero-order chi connectivity index (χ0) is 14.4. The van der Waals surface area contributed by atoms with Gasteiger partial charge in [-0.15, -0.1) is 0 Å². The predicted molar refractivity (Wildman–Crippen MR) is 74.5 cm³/mol. The maximum absolute atomic E-state index is 5.67. The molecule has 1 fully saturated rings. The van der Waals surface area contributed by atoms with E-state index in [1.54, 1.807) is 7.11 Å². The predicted octanol–water partition coefficient (Wildman–Crippen LogP) is 1.65. The molecule has 20 heavy (non-hydrogen) atoms. The molecule has 1 atom stereocenters. The van der Waals surface area contributed by atoms with Gasteiger partial charge in [-0.2, -0.15) is 4.98 Å². The first kappa shape index (κ1) is 15.4. The molecule has 2 heterocycles. The molecule has 6 nitrogen and oxygen atoms in total. The van der Waals surface area contributed by atoms with Gasteiger partial charge in [0.05, 0.1) is 0 Å². The van der Waals surface area contributed by atoms with Crippen LogP contribution < -0.4 is 5.32 Å². The molecule has 1 aromatic rings. The zero-order valence-electron chi connectivity index (χ0n) is 12.6. The van der Waals surface area contributed by atoms with Crippen molar-refractivity contribution in [1.82, 2.24) is 15.5 Å². The fourth-order valence-corrected chi connectivity index (χ4v) is 2.47. The maximum atomic E-state index is 5.67. The van der Waals surface area contributed by atoms with Gasteiger partial charge < -0.3 is 19.3 Å². The standard InChI is InChI=1S/C14H25N3O3/c1-4-7-15-11(2)10-12-16-13(17-20-12)14(18-3)5-8-19-9-6-14/h11,15H,4-10H2,1-3H3. The third kappa shape index (κ3) is 3.56. The van der Waals surface area contributed by atoms with Crippen LogP contribution in [-0.2, 0) is 21.5 Å². The van der Waals surface area contributed by atoms with E-state index in [-0.39, 0.29) is 0 Å². The lowest BCUT2D eigenvalue weighted by Crippen LogP contribution is -2.36. The number of hydrogen-bond donors (Lipinski definition) is 1.